The minimum atomic E-state index is 0.816. The first-order valence-corrected chi connectivity index (χ1v) is 5.78. The van der Waals surface area contributed by atoms with Crippen molar-refractivity contribution in [3.63, 3.8) is 0 Å². The van der Waals surface area contributed by atoms with Gasteiger partial charge in [0.15, 0.2) is 0 Å². The second kappa shape index (κ2) is 4.92. The predicted molar refractivity (Wildman–Crippen MR) is 64.3 cm³/mol. The molecule has 0 radical (unpaired) electrons. The summed E-state index contributed by atoms with van der Waals surface area (Å²) in [6, 6.07) is 6.24. The Bertz CT molecular complexity index is 445. The van der Waals surface area contributed by atoms with Gasteiger partial charge in [0, 0.05) is 18.1 Å². The van der Waals surface area contributed by atoms with E-state index in [9.17, 15) is 0 Å². The monoisotopic (exact) mass is 215 g/mol. The molecule has 16 heavy (non-hydrogen) atoms. The maximum absolute atomic E-state index is 4.58. The van der Waals surface area contributed by atoms with Crippen LogP contribution >= 0.6 is 0 Å². The summed E-state index contributed by atoms with van der Waals surface area (Å²) in [5.74, 6) is 0. The van der Waals surface area contributed by atoms with E-state index in [-0.39, 0.29) is 0 Å². The van der Waals surface area contributed by atoms with Crippen LogP contribution < -0.4 is 0 Å². The van der Waals surface area contributed by atoms with Crippen LogP contribution in [0.1, 0.15) is 30.8 Å². The highest BCUT2D eigenvalue weighted by Crippen LogP contribution is 2.09. The summed E-state index contributed by atoms with van der Waals surface area (Å²) in [6.45, 7) is 5.11. The molecule has 0 aliphatic heterocycles. The van der Waals surface area contributed by atoms with Crippen LogP contribution in [0.3, 0.4) is 0 Å². The van der Waals surface area contributed by atoms with Crippen molar-refractivity contribution < 1.29 is 0 Å². The summed E-state index contributed by atoms with van der Waals surface area (Å²) in [4.78, 5) is 4.12. The normalized spacial score (nSPS) is 10.6. The van der Waals surface area contributed by atoms with Crippen molar-refractivity contribution in [1.29, 1.82) is 0 Å². The van der Waals surface area contributed by atoms with Gasteiger partial charge in [0.2, 0.25) is 0 Å². The third-order valence-corrected chi connectivity index (χ3v) is 2.69. The number of rotatable bonds is 4. The summed E-state index contributed by atoms with van der Waals surface area (Å²) < 4.78 is 2.08. The number of hydrogen-bond acceptors (Lipinski definition) is 2. The van der Waals surface area contributed by atoms with E-state index in [0.717, 1.165) is 19.4 Å². The molecule has 84 valence electrons. The number of hydrogen-bond donors (Lipinski definition) is 0. The average Bonchev–Trinajstić information content (AvgIpc) is 2.73. The largest absolute Gasteiger partial charge is 0.265 e. The minimum Gasteiger partial charge on any atom is -0.265 e. The highest BCUT2D eigenvalue weighted by atomic mass is 15.3. The van der Waals surface area contributed by atoms with Crippen molar-refractivity contribution >= 4 is 0 Å². The molecule has 2 rings (SSSR count). The Balaban J connectivity index is 2.23. The van der Waals surface area contributed by atoms with Crippen LogP contribution in [0.4, 0.5) is 0 Å². The summed E-state index contributed by atoms with van der Waals surface area (Å²) in [6.07, 6.45) is 5.71. The molecule has 0 aliphatic carbocycles. The molecule has 0 unspecified atom stereocenters. The van der Waals surface area contributed by atoms with Crippen molar-refractivity contribution in [3.8, 4) is 0 Å². The molecule has 2 heterocycles. The fourth-order valence-corrected chi connectivity index (χ4v) is 1.77. The van der Waals surface area contributed by atoms with Crippen LogP contribution in [0.5, 0.6) is 0 Å². The Labute approximate surface area is 96.1 Å². The smallest absolute Gasteiger partial charge is 0.0677 e. The van der Waals surface area contributed by atoms with E-state index in [1.165, 1.54) is 17.0 Å². The van der Waals surface area contributed by atoms with Crippen molar-refractivity contribution in [3.05, 3.63) is 47.5 Å². The van der Waals surface area contributed by atoms with E-state index in [1.807, 2.05) is 12.3 Å². The molecule has 0 saturated heterocycles. The van der Waals surface area contributed by atoms with Gasteiger partial charge in [-0.15, -0.1) is 0 Å². The first-order valence-electron chi connectivity index (χ1n) is 5.78. The van der Waals surface area contributed by atoms with Crippen LogP contribution in [0.25, 0.3) is 0 Å². The van der Waals surface area contributed by atoms with E-state index < -0.39 is 0 Å². The second-order valence-corrected chi connectivity index (χ2v) is 3.85. The molecule has 0 atom stereocenters. The van der Waals surface area contributed by atoms with Crippen LogP contribution in [-0.4, -0.2) is 14.8 Å². The van der Waals surface area contributed by atoms with Crippen LogP contribution in [0, 0.1) is 0 Å². The van der Waals surface area contributed by atoms with Crippen LogP contribution in [-0.2, 0) is 19.4 Å². The zero-order chi connectivity index (χ0) is 11.4. The third kappa shape index (κ3) is 2.30. The fourth-order valence-electron chi connectivity index (χ4n) is 1.77. The Morgan fingerprint density at radius 1 is 1.25 bits per heavy atom. The van der Waals surface area contributed by atoms with Crippen molar-refractivity contribution in [1.82, 2.24) is 14.8 Å². The highest BCUT2D eigenvalue weighted by molar-refractivity contribution is 5.14. The van der Waals surface area contributed by atoms with Crippen LogP contribution in [0.15, 0.2) is 30.6 Å². The molecule has 0 N–H and O–H groups in total. The van der Waals surface area contributed by atoms with E-state index in [2.05, 4.69) is 40.7 Å². The Kier molecular flexibility index (Phi) is 3.34. The zero-order valence-corrected chi connectivity index (χ0v) is 9.85. The third-order valence-electron chi connectivity index (χ3n) is 2.69. The Morgan fingerprint density at radius 2 is 2.12 bits per heavy atom. The van der Waals surface area contributed by atoms with E-state index in [0.29, 0.717) is 0 Å². The quantitative estimate of drug-likeness (QED) is 0.784. The maximum atomic E-state index is 4.58. The highest BCUT2D eigenvalue weighted by Gasteiger charge is 2.05. The predicted octanol–water partition coefficient (Wildman–Crippen LogP) is 2.45. The van der Waals surface area contributed by atoms with Gasteiger partial charge in [-0.25, -0.2) is 0 Å². The van der Waals surface area contributed by atoms with Gasteiger partial charge in [0.25, 0.3) is 0 Å². The Hall–Kier alpha value is -1.64. The molecule has 2 aromatic rings. The molecule has 2 aromatic heterocycles. The molecule has 3 heteroatoms. The average molecular weight is 215 g/mol. The first-order chi connectivity index (χ1) is 7.83. The number of nitrogens with zero attached hydrogens (tertiary/aromatic N) is 3. The number of aromatic nitrogens is 3. The number of pyridine rings is 1. The van der Waals surface area contributed by atoms with Gasteiger partial charge in [0.1, 0.15) is 0 Å². The minimum absolute atomic E-state index is 0.816. The van der Waals surface area contributed by atoms with E-state index >= 15 is 0 Å². The topological polar surface area (TPSA) is 30.7 Å². The van der Waals surface area contributed by atoms with Gasteiger partial charge in [-0.05, 0) is 30.5 Å². The molecule has 0 bridgehead atoms. The molecule has 0 amide bonds. The van der Waals surface area contributed by atoms with E-state index in [4.69, 9.17) is 0 Å². The standard InChI is InChI=1S/C13H17N3/c1-3-12-8-13(4-2)16(15-12)10-11-6-5-7-14-9-11/h5-9H,3-4,10H2,1-2H3. The molecular formula is C13H17N3. The van der Waals surface area contributed by atoms with Gasteiger partial charge >= 0.3 is 0 Å². The summed E-state index contributed by atoms with van der Waals surface area (Å²) in [5, 5.41) is 4.58. The molecule has 3 nitrogen and oxygen atoms in total. The molecule has 0 aliphatic rings. The lowest BCUT2D eigenvalue weighted by Gasteiger charge is -2.05. The maximum Gasteiger partial charge on any atom is 0.0677 e. The SMILES string of the molecule is CCc1cc(CC)n(Cc2cccnc2)n1. The molecule has 0 fully saturated rings. The molecular weight excluding hydrogens is 198 g/mol. The zero-order valence-electron chi connectivity index (χ0n) is 9.85. The lowest BCUT2D eigenvalue weighted by molar-refractivity contribution is 0.639. The van der Waals surface area contributed by atoms with Gasteiger partial charge in [-0.3, -0.25) is 9.67 Å². The van der Waals surface area contributed by atoms with Gasteiger partial charge in [0.05, 0.1) is 12.2 Å². The van der Waals surface area contributed by atoms with E-state index in [1.54, 1.807) is 6.20 Å². The summed E-state index contributed by atoms with van der Waals surface area (Å²) >= 11 is 0. The van der Waals surface area contributed by atoms with Crippen molar-refractivity contribution in [2.45, 2.75) is 33.2 Å². The summed E-state index contributed by atoms with van der Waals surface area (Å²) in [7, 11) is 0. The molecule has 0 saturated carbocycles. The lowest BCUT2D eigenvalue weighted by atomic mass is 10.2. The van der Waals surface area contributed by atoms with Gasteiger partial charge in [-0.1, -0.05) is 19.9 Å². The van der Waals surface area contributed by atoms with Crippen LogP contribution in [0.2, 0.25) is 0 Å². The Morgan fingerprint density at radius 3 is 2.75 bits per heavy atom. The second-order valence-electron chi connectivity index (χ2n) is 3.85. The van der Waals surface area contributed by atoms with Crippen molar-refractivity contribution in [2.24, 2.45) is 0 Å². The van der Waals surface area contributed by atoms with Gasteiger partial charge in [-0.2, -0.15) is 5.10 Å². The summed E-state index contributed by atoms with van der Waals surface area (Å²) in [5.41, 5.74) is 3.66. The lowest BCUT2D eigenvalue weighted by Crippen LogP contribution is -2.06. The fraction of sp³-hybridized carbons (Fsp3) is 0.385. The first kappa shape index (κ1) is 10.9. The molecule has 0 aromatic carbocycles. The van der Waals surface area contributed by atoms with Gasteiger partial charge < -0.3 is 0 Å². The van der Waals surface area contributed by atoms with Crippen molar-refractivity contribution in [2.75, 3.05) is 0 Å². The number of aryl methyl sites for hydroxylation is 2. The molecule has 0 spiro atoms.